The second-order valence-corrected chi connectivity index (χ2v) is 8.03. The van der Waals surface area contributed by atoms with Gasteiger partial charge >= 0.3 is 0 Å². The van der Waals surface area contributed by atoms with Crippen molar-refractivity contribution < 1.29 is 4.74 Å². The van der Waals surface area contributed by atoms with E-state index in [-0.39, 0.29) is 6.61 Å². The van der Waals surface area contributed by atoms with Crippen molar-refractivity contribution in [3.8, 4) is 5.75 Å². The summed E-state index contributed by atoms with van der Waals surface area (Å²) in [4.78, 5) is 0. The fraction of sp³-hybridized carbons (Fsp3) is 0.143. The Labute approximate surface area is 177 Å². The molecule has 7 heteroatoms. The van der Waals surface area contributed by atoms with E-state index < -0.39 is 0 Å². The average Bonchev–Trinajstić information content (AvgIpc) is 3.06. The summed E-state index contributed by atoms with van der Waals surface area (Å²) in [6.07, 6.45) is 0. The van der Waals surface area contributed by atoms with Crippen LogP contribution in [0.3, 0.4) is 0 Å². The number of aromatic nitrogens is 3. The van der Waals surface area contributed by atoms with Gasteiger partial charge in [-0.3, -0.25) is 0 Å². The average molecular weight is 430 g/mol. The lowest BCUT2D eigenvalue weighted by molar-refractivity contribution is 0.290. The number of halogens is 2. The Kier molecular flexibility index (Phi) is 5.76. The lowest BCUT2D eigenvalue weighted by Gasteiger charge is -2.09. The maximum Gasteiger partial charge on any atom is 0.191 e. The van der Waals surface area contributed by atoms with Crippen molar-refractivity contribution in [3.63, 3.8) is 0 Å². The molecule has 0 N–H and O–H groups in total. The predicted octanol–water partition coefficient (Wildman–Crippen LogP) is 6.15. The highest BCUT2D eigenvalue weighted by Crippen LogP contribution is 2.29. The van der Waals surface area contributed by atoms with Gasteiger partial charge in [-0.15, -0.1) is 10.2 Å². The minimum atomic E-state index is 0.262. The number of thioether (sulfide) groups is 1. The van der Waals surface area contributed by atoms with Crippen LogP contribution in [0, 0.1) is 0 Å². The Bertz CT molecular complexity index is 1120. The van der Waals surface area contributed by atoms with Crippen molar-refractivity contribution in [2.75, 3.05) is 0 Å². The van der Waals surface area contributed by atoms with Crippen LogP contribution in [-0.2, 0) is 19.4 Å². The van der Waals surface area contributed by atoms with Crippen LogP contribution in [0.1, 0.15) is 11.4 Å². The zero-order chi connectivity index (χ0) is 19.5. The van der Waals surface area contributed by atoms with Crippen LogP contribution < -0.4 is 4.74 Å². The van der Waals surface area contributed by atoms with Crippen LogP contribution >= 0.6 is 35.0 Å². The van der Waals surface area contributed by atoms with E-state index >= 15 is 0 Å². The Morgan fingerprint density at radius 1 is 1.00 bits per heavy atom. The van der Waals surface area contributed by atoms with Gasteiger partial charge in [-0.05, 0) is 28.5 Å². The van der Waals surface area contributed by atoms with Gasteiger partial charge in [0.1, 0.15) is 12.4 Å². The molecule has 0 amide bonds. The normalized spacial score (nSPS) is 11.1. The van der Waals surface area contributed by atoms with Crippen LogP contribution in [0.25, 0.3) is 10.8 Å². The molecule has 0 bridgehead atoms. The van der Waals surface area contributed by atoms with Crippen molar-refractivity contribution in [3.05, 3.63) is 82.1 Å². The number of hydrogen-bond acceptors (Lipinski definition) is 4. The molecular formula is C21H17Cl2N3OS. The van der Waals surface area contributed by atoms with Gasteiger partial charge < -0.3 is 9.30 Å². The molecule has 0 aliphatic carbocycles. The molecule has 0 aliphatic rings. The van der Waals surface area contributed by atoms with E-state index in [9.17, 15) is 0 Å². The molecular weight excluding hydrogens is 413 g/mol. The molecule has 0 radical (unpaired) electrons. The molecule has 0 spiro atoms. The molecule has 0 fully saturated rings. The van der Waals surface area contributed by atoms with Crippen LogP contribution in [0.2, 0.25) is 10.0 Å². The summed E-state index contributed by atoms with van der Waals surface area (Å²) in [6, 6.07) is 19.9. The molecule has 0 unspecified atom stereocenters. The van der Waals surface area contributed by atoms with E-state index in [0.717, 1.165) is 16.7 Å². The minimum Gasteiger partial charge on any atom is -0.484 e. The topological polar surface area (TPSA) is 39.9 Å². The fourth-order valence-corrected chi connectivity index (χ4v) is 4.16. The van der Waals surface area contributed by atoms with Gasteiger partial charge in [0.05, 0.1) is 5.02 Å². The molecule has 1 aromatic heterocycles. The van der Waals surface area contributed by atoms with Gasteiger partial charge in [-0.1, -0.05) is 77.4 Å². The third-order valence-corrected chi connectivity index (χ3v) is 6.03. The van der Waals surface area contributed by atoms with E-state index in [2.05, 4.69) is 52.7 Å². The van der Waals surface area contributed by atoms with Crippen LogP contribution in [0.15, 0.2) is 65.8 Å². The third kappa shape index (κ3) is 4.12. The van der Waals surface area contributed by atoms with Gasteiger partial charge in [-0.2, -0.15) is 0 Å². The monoisotopic (exact) mass is 429 g/mol. The molecule has 3 aromatic carbocycles. The first-order valence-corrected chi connectivity index (χ1v) is 10.4. The van der Waals surface area contributed by atoms with E-state index in [4.69, 9.17) is 27.9 Å². The maximum absolute atomic E-state index is 6.14. The number of benzene rings is 3. The Balaban J connectivity index is 1.45. The highest BCUT2D eigenvalue weighted by molar-refractivity contribution is 7.98. The summed E-state index contributed by atoms with van der Waals surface area (Å²) >= 11 is 13.8. The van der Waals surface area contributed by atoms with Crippen molar-refractivity contribution in [1.29, 1.82) is 0 Å². The lowest BCUT2D eigenvalue weighted by Crippen LogP contribution is -2.04. The Morgan fingerprint density at radius 3 is 2.71 bits per heavy atom. The van der Waals surface area contributed by atoms with Crippen molar-refractivity contribution in [1.82, 2.24) is 14.8 Å². The van der Waals surface area contributed by atoms with Crippen LogP contribution in [0.5, 0.6) is 5.75 Å². The molecule has 1 heterocycles. The first kappa shape index (κ1) is 19.1. The molecule has 4 aromatic rings. The molecule has 4 rings (SSSR count). The molecule has 28 heavy (non-hydrogen) atoms. The number of ether oxygens (including phenoxy) is 1. The number of fused-ring (bicyclic) bond motifs is 1. The highest BCUT2D eigenvalue weighted by Gasteiger charge is 2.12. The second kappa shape index (κ2) is 8.43. The maximum atomic E-state index is 6.14. The molecule has 0 atom stereocenters. The fourth-order valence-electron chi connectivity index (χ4n) is 2.89. The van der Waals surface area contributed by atoms with Gasteiger partial charge in [0.25, 0.3) is 0 Å². The van der Waals surface area contributed by atoms with Crippen LogP contribution in [0.4, 0.5) is 0 Å². The zero-order valence-corrected chi connectivity index (χ0v) is 17.4. The molecule has 0 saturated carbocycles. The smallest absolute Gasteiger partial charge is 0.191 e. The molecule has 4 nitrogen and oxygen atoms in total. The van der Waals surface area contributed by atoms with Gasteiger partial charge in [-0.25, -0.2) is 0 Å². The lowest BCUT2D eigenvalue weighted by atomic mass is 10.1. The Morgan fingerprint density at radius 2 is 1.82 bits per heavy atom. The van der Waals surface area contributed by atoms with E-state index in [0.29, 0.717) is 15.8 Å². The molecule has 142 valence electrons. The summed E-state index contributed by atoms with van der Waals surface area (Å²) in [5, 5.41) is 13.0. The van der Waals surface area contributed by atoms with E-state index in [1.807, 2.05) is 11.6 Å². The number of rotatable bonds is 6. The van der Waals surface area contributed by atoms with Gasteiger partial charge in [0.15, 0.2) is 11.0 Å². The Hall–Kier alpha value is -2.21. The standard InChI is InChI=1S/C21H17Cl2N3OS/c1-26-20(12-27-19-11-16(22)9-10-18(19)23)24-25-21(26)28-13-15-7-4-6-14-5-2-3-8-17(14)15/h2-11H,12-13H2,1H3. The number of hydrogen-bond donors (Lipinski definition) is 0. The minimum absolute atomic E-state index is 0.262. The van der Waals surface area contributed by atoms with E-state index in [1.165, 1.54) is 16.3 Å². The molecule has 0 saturated heterocycles. The largest absolute Gasteiger partial charge is 0.484 e. The van der Waals surface area contributed by atoms with Gasteiger partial charge in [0.2, 0.25) is 0 Å². The first-order chi connectivity index (χ1) is 13.6. The number of nitrogens with zero attached hydrogens (tertiary/aromatic N) is 3. The summed E-state index contributed by atoms with van der Waals surface area (Å²) in [5.74, 6) is 2.06. The highest BCUT2D eigenvalue weighted by atomic mass is 35.5. The summed E-state index contributed by atoms with van der Waals surface area (Å²) in [7, 11) is 1.93. The van der Waals surface area contributed by atoms with Crippen LogP contribution in [-0.4, -0.2) is 14.8 Å². The van der Waals surface area contributed by atoms with Gasteiger partial charge in [0, 0.05) is 23.9 Å². The third-order valence-electron chi connectivity index (χ3n) is 4.41. The van der Waals surface area contributed by atoms with Crippen molar-refractivity contribution in [2.24, 2.45) is 7.05 Å². The quantitative estimate of drug-likeness (QED) is 0.344. The predicted molar refractivity (Wildman–Crippen MR) is 115 cm³/mol. The summed E-state index contributed by atoms with van der Waals surface area (Å²) in [5.41, 5.74) is 1.27. The first-order valence-electron chi connectivity index (χ1n) is 8.67. The van der Waals surface area contributed by atoms with E-state index in [1.54, 1.807) is 30.0 Å². The summed E-state index contributed by atoms with van der Waals surface area (Å²) in [6.45, 7) is 0.262. The SMILES string of the molecule is Cn1c(COc2cc(Cl)ccc2Cl)nnc1SCc1cccc2ccccc12. The summed E-state index contributed by atoms with van der Waals surface area (Å²) < 4.78 is 7.71. The van der Waals surface area contributed by atoms with Crippen molar-refractivity contribution >= 4 is 45.7 Å². The second-order valence-electron chi connectivity index (χ2n) is 6.25. The zero-order valence-electron chi connectivity index (χ0n) is 15.1. The van der Waals surface area contributed by atoms with Crippen molar-refractivity contribution in [2.45, 2.75) is 17.5 Å². The molecule has 0 aliphatic heterocycles.